The molecule has 3 N–H and O–H groups in total. The molecule has 2 heterocycles. The van der Waals surface area contributed by atoms with Crippen LogP contribution in [-0.4, -0.2) is 41.7 Å². The quantitative estimate of drug-likeness (QED) is 0.743. The fourth-order valence-electron chi connectivity index (χ4n) is 2.34. The van der Waals surface area contributed by atoms with Crippen LogP contribution in [0.5, 0.6) is 0 Å². The molecule has 0 spiro atoms. The van der Waals surface area contributed by atoms with Crippen LogP contribution in [0.1, 0.15) is 10.5 Å². The smallest absolute Gasteiger partial charge is 0.270 e. The first-order valence-corrected chi connectivity index (χ1v) is 7.90. The number of β-amino-alcohol motifs (C(OH)–C–C–N with tert-alkyl or cyclic N) is 1. The van der Waals surface area contributed by atoms with Crippen molar-refractivity contribution in [3.63, 3.8) is 0 Å². The van der Waals surface area contributed by atoms with Gasteiger partial charge in [-0.15, -0.1) is 36.2 Å². The van der Waals surface area contributed by atoms with Gasteiger partial charge in [0.15, 0.2) is 0 Å². The van der Waals surface area contributed by atoms with Gasteiger partial charge in [-0.25, -0.2) is 9.37 Å². The number of nitrogens with one attached hydrogen (secondary N) is 2. The van der Waals surface area contributed by atoms with Crippen molar-refractivity contribution in [2.24, 2.45) is 5.92 Å². The number of halogens is 3. The normalized spacial score (nSPS) is 19.2. The van der Waals surface area contributed by atoms with Crippen LogP contribution in [0.2, 0.25) is 0 Å². The molecule has 1 aromatic carbocycles. The molecule has 0 aliphatic carbocycles. The van der Waals surface area contributed by atoms with E-state index in [1.165, 1.54) is 23.5 Å². The highest BCUT2D eigenvalue weighted by Gasteiger charge is 2.25. The minimum absolute atomic E-state index is 0. The molecular weight excluding hydrogens is 376 g/mol. The summed E-state index contributed by atoms with van der Waals surface area (Å²) in [6, 6.07) is 6.00. The number of carbonyl (C=O) groups is 1. The Hall–Kier alpha value is -1.25. The van der Waals surface area contributed by atoms with Gasteiger partial charge in [0.25, 0.3) is 5.91 Å². The summed E-state index contributed by atoms with van der Waals surface area (Å²) in [7, 11) is 0. The topological polar surface area (TPSA) is 74.2 Å². The highest BCUT2D eigenvalue weighted by Crippen LogP contribution is 2.23. The molecule has 132 valence electrons. The van der Waals surface area contributed by atoms with Gasteiger partial charge in [0.2, 0.25) is 0 Å². The molecule has 0 bridgehead atoms. The predicted molar refractivity (Wildman–Crippen MR) is 96.7 cm³/mol. The van der Waals surface area contributed by atoms with E-state index in [-0.39, 0.29) is 42.5 Å². The molecule has 9 heteroatoms. The summed E-state index contributed by atoms with van der Waals surface area (Å²) in [5.41, 5.74) is 1.12. The molecule has 3 rings (SSSR count). The maximum atomic E-state index is 12.9. The van der Waals surface area contributed by atoms with Crippen LogP contribution in [0.25, 0.3) is 10.6 Å². The van der Waals surface area contributed by atoms with E-state index in [9.17, 15) is 14.3 Å². The summed E-state index contributed by atoms with van der Waals surface area (Å²) in [6.07, 6.45) is -0.425. The predicted octanol–water partition coefficient (Wildman–Crippen LogP) is 2.10. The Balaban J connectivity index is 0.00000144. The van der Waals surface area contributed by atoms with Crippen molar-refractivity contribution in [1.29, 1.82) is 0 Å². The van der Waals surface area contributed by atoms with Gasteiger partial charge >= 0.3 is 0 Å². The number of aliphatic hydroxyl groups excluding tert-OH is 1. The van der Waals surface area contributed by atoms with Crippen molar-refractivity contribution in [2.75, 3.05) is 19.6 Å². The molecule has 2 aromatic rings. The fourth-order valence-corrected chi connectivity index (χ4v) is 3.15. The van der Waals surface area contributed by atoms with Crippen LogP contribution in [0.4, 0.5) is 4.39 Å². The van der Waals surface area contributed by atoms with Crippen LogP contribution < -0.4 is 10.6 Å². The largest absolute Gasteiger partial charge is 0.391 e. The van der Waals surface area contributed by atoms with Crippen molar-refractivity contribution >= 4 is 42.1 Å². The number of rotatable bonds is 4. The minimum Gasteiger partial charge on any atom is -0.391 e. The number of aliphatic hydroxyl groups is 1. The maximum Gasteiger partial charge on any atom is 0.270 e. The number of hydrogen-bond donors (Lipinski definition) is 3. The van der Waals surface area contributed by atoms with Gasteiger partial charge in [0.05, 0.1) is 6.10 Å². The molecule has 1 aliphatic heterocycles. The molecule has 1 amide bonds. The van der Waals surface area contributed by atoms with Crippen molar-refractivity contribution in [3.8, 4) is 10.6 Å². The summed E-state index contributed by atoms with van der Waals surface area (Å²) < 4.78 is 12.9. The highest BCUT2D eigenvalue weighted by atomic mass is 35.5. The number of carbonyl (C=O) groups excluding carboxylic acids is 1. The van der Waals surface area contributed by atoms with Crippen LogP contribution in [0, 0.1) is 11.7 Å². The lowest BCUT2D eigenvalue weighted by molar-refractivity contribution is 0.0923. The molecular formula is C15H18Cl2FN3O2S. The van der Waals surface area contributed by atoms with E-state index in [2.05, 4.69) is 15.6 Å². The van der Waals surface area contributed by atoms with Gasteiger partial charge in [0.1, 0.15) is 16.5 Å². The standard InChI is InChI=1S/C15H16FN3O2S.2ClH/c16-11-3-1-9(2-4-11)15-19-12(8-22-15)14(21)18-6-10-5-17-7-13(10)20;;/h1-4,8,10,13,17,20H,5-7H2,(H,18,21);2*1H. The molecule has 2 unspecified atom stereocenters. The van der Waals surface area contributed by atoms with E-state index < -0.39 is 6.10 Å². The lowest BCUT2D eigenvalue weighted by Gasteiger charge is -2.13. The molecule has 1 fully saturated rings. The monoisotopic (exact) mass is 393 g/mol. The first-order chi connectivity index (χ1) is 10.6. The zero-order chi connectivity index (χ0) is 15.5. The summed E-state index contributed by atoms with van der Waals surface area (Å²) in [6.45, 7) is 1.67. The molecule has 1 saturated heterocycles. The number of amides is 1. The molecule has 0 radical (unpaired) electrons. The summed E-state index contributed by atoms with van der Waals surface area (Å²) in [4.78, 5) is 16.4. The third kappa shape index (κ3) is 4.87. The number of benzene rings is 1. The minimum atomic E-state index is -0.425. The van der Waals surface area contributed by atoms with Crippen molar-refractivity contribution in [3.05, 3.63) is 41.2 Å². The van der Waals surface area contributed by atoms with Gasteiger partial charge in [-0.05, 0) is 24.3 Å². The first-order valence-electron chi connectivity index (χ1n) is 7.02. The third-order valence-corrected chi connectivity index (χ3v) is 4.55. The summed E-state index contributed by atoms with van der Waals surface area (Å²) >= 11 is 1.34. The first kappa shape index (κ1) is 20.8. The molecule has 24 heavy (non-hydrogen) atoms. The zero-order valence-corrected chi connectivity index (χ0v) is 15.0. The van der Waals surface area contributed by atoms with Gasteiger partial charge < -0.3 is 15.7 Å². The SMILES string of the molecule is Cl.Cl.O=C(NCC1CNCC1O)c1csc(-c2ccc(F)cc2)n1. The maximum absolute atomic E-state index is 12.9. The molecule has 0 saturated carbocycles. The average molecular weight is 394 g/mol. The zero-order valence-electron chi connectivity index (χ0n) is 12.6. The van der Waals surface area contributed by atoms with Crippen LogP contribution in [0.3, 0.4) is 0 Å². The lowest BCUT2D eigenvalue weighted by Crippen LogP contribution is -2.34. The second kappa shape index (κ2) is 9.29. The van der Waals surface area contributed by atoms with Crippen molar-refractivity contribution < 1.29 is 14.3 Å². The molecule has 2 atom stereocenters. The third-order valence-electron chi connectivity index (χ3n) is 3.66. The van der Waals surface area contributed by atoms with Crippen LogP contribution in [0.15, 0.2) is 29.6 Å². The highest BCUT2D eigenvalue weighted by molar-refractivity contribution is 7.13. The van der Waals surface area contributed by atoms with Crippen molar-refractivity contribution in [2.45, 2.75) is 6.10 Å². The van der Waals surface area contributed by atoms with E-state index in [0.717, 1.165) is 5.56 Å². The van der Waals surface area contributed by atoms with Crippen LogP contribution in [-0.2, 0) is 0 Å². The summed E-state index contributed by atoms with van der Waals surface area (Å²) in [5, 5.41) is 17.9. The Kier molecular flexibility index (Phi) is 8.05. The number of hydrogen-bond acceptors (Lipinski definition) is 5. The number of aromatic nitrogens is 1. The van der Waals surface area contributed by atoms with Crippen LogP contribution >= 0.6 is 36.2 Å². The molecule has 1 aliphatic rings. The summed E-state index contributed by atoms with van der Waals surface area (Å²) in [5.74, 6) is -0.537. The van der Waals surface area contributed by atoms with E-state index in [1.54, 1.807) is 17.5 Å². The van der Waals surface area contributed by atoms with Crippen molar-refractivity contribution in [1.82, 2.24) is 15.6 Å². The van der Waals surface area contributed by atoms with Gasteiger partial charge in [-0.2, -0.15) is 0 Å². The molecule has 1 aromatic heterocycles. The van der Waals surface area contributed by atoms with Gasteiger partial charge in [-0.3, -0.25) is 4.79 Å². The Labute approximate surface area is 155 Å². The van der Waals surface area contributed by atoms with Gasteiger partial charge in [-0.1, -0.05) is 0 Å². The number of nitrogens with zero attached hydrogens (tertiary/aromatic N) is 1. The van der Waals surface area contributed by atoms with Gasteiger partial charge in [0, 0.05) is 36.5 Å². The Bertz CT molecular complexity index is 669. The second-order valence-electron chi connectivity index (χ2n) is 5.24. The van der Waals surface area contributed by atoms with E-state index in [1.807, 2.05) is 0 Å². The second-order valence-corrected chi connectivity index (χ2v) is 6.10. The van der Waals surface area contributed by atoms with E-state index >= 15 is 0 Å². The number of thiazole rings is 1. The Morgan fingerprint density at radius 2 is 2.04 bits per heavy atom. The Morgan fingerprint density at radius 3 is 2.67 bits per heavy atom. The average Bonchev–Trinajstić information content (AvgIpc) is 3.15. The Morgan fingerprint density at radius 1 is 1.33 bits per heavy atom. The fraction of sp³-hybridized carbons (Fsp3) is 0.333. The van der Waals surface area contributed by atoms with E-state index in [0.29, 0.717) is 30.3 Å². The molecule has 5 nitrogen and oxygen atoms in total. The lowest BCUT2D eigenvalue weighted by atomic mass is 10.1. The van der Waals surface area contributed by atoms with E-state index in [4.69, 9.17) is 0 Å².